The number of aromatic nitrogens is 2. The van der Waals surface area contributed by atoms with Crippen molar-refractivity contribution >= 4 is 39.0 Å². The Morgan fingerprint density at radius 3 is 3.00 bits per heavy atom. The predicted octanol–water partition coefficient (Wildman–Crippen LogP) is 3.14. The second-order valence-electron chi connectivity index (χ2n) is 3.60. The van der Waals surface area contributed by atoms with E-state index in [1.807, 2.05) is 19.1 Å². The van der Waals surface area contributed by atoms with Gasteiger partial charge in [-0.3, -0.25) is 0 Å². The summed E-state index contributed by atoms with van der Waals surface area (Å²) in [5, 5.41) is 8.04. The topological polar surface area (TPSA) is 64.9 Å². The molecular weight excluding hydrogens is 322 g/mol. The molecule has 1 unspecified atom stereocenters. The highest BCUT2D eigenvalue weighted by Gasteiger charge is 2.10. The average Bonchev–Trinajstić information content (AvgIpc) is 2.86. The third kappa shape index (κ3) is 3.80. The Bertz CT molecular complexity index is 483. The van der Waals surface area contributed by atoms with Gasteiger partial charge in [-0.1, -0.05) is 0 Å². The van der Waals surface area contributed by atoms with Gasteiger partial charge in [0.2, 0.25) is 5.89 Å². The molecule has 17 heavy (non-hydrogen) atoms. The van der Waals surface area contributed by atoms with Crippen molar-refractivity contribution in [3.05, 3.63) is 21.8 Å². The van der Waals surface area contributed by atoms with Gasteiger partial charge in [0.25, 0.3) is 5.89 Å². The van der Waals surface area contributed by atoms with Crippen LogP contribution in [-0.4, -0.2) is 22.0 Å². The van der Waals surface area contributed by atoms with Crippen LogP contribution in [0.5, 0.6) is 0 Å². The van der Waals surface area contributed by atoms with Crippen molar-refractivity contribution in [3.63, 3.8) is 0 Å². The van der Waals surface area contributed by atoms with Gasteiger partial charge in [-0.25, -0.2) is 0 Å². The maximum atomic E-state index is 5.66. The minimum Gasteiger partial charge on any atom is -0.419 e. The lowest BCUT2D eigenvalue weighted by atomic mass is 10.4. The third-order valence-electron chi connectivity index (χ3n) is 1.86. The maximum absolute atomic E-state index is 5.66. The highest BCUT2D eigenvalue weighted by molar-refractivity contribution is 9.11. The fourth-order valence-electron chi connectivity index (χ4n) is 1.17. The number of thiophene rings is 1. The van der Waals surface area contributed by atoms with Crippen LogP contribution >= 0.6 is 39.0 Å². The molecule has 4 nitrogen and oxygen atoms in total. The molecule has 0 bridgehead atoms. The summed E-state index contributed by atoms with van der Waals surface area (Å²) in [6, 6.07) is 4.12. The summed E-state index contributed by atoms with van der Waals surface area (Å²) in [5.74, 6) is 2.83. The Morgan fingerprint density at radius 1 is 1.53 bits per heavy atom. The zero-order valence-corrected chi connectivity index (χ0v) is 12.4. The fourth-order valence-corrected chi connectivity index (χ4v) is 3.26. The molecule has 0 saturated heterocycles. The van der Waals surface area contributed by atoms with Crippen molar-refractivity contribution in [2.45, 2.75) is 18.7 Å². The number of nitrogens with zero attached hydrogens (tertiary/aromatic N) is 2. The molecule has 2 rings (SSSR count). The highest BCUT2D eigenvalue weighted by Crippen LogP contribution is 2.30. The van der Waals surface area contributed by atoms with Gasteiger partial charge in [-0.15, -0.1) is 21.5 Å². The average molecular weight is 334 g/mol. The first-order chi connectivity index (χ1) is 8.15. The van der Waals surface area contributed by atoms with Crippen LogP contribution < -0.4 is 5.73 Å². The normalized spacial score (nSPS) is 12.9. The van der Waals surface area contributed by atoms with Crippen molar-refractivity contribution in [3.8, 4) is 10.8 Å². The lowest BCUT2D eigenvalue weighted by Gasteiger charge is -2.01. The maximum Gasteiger partial charge on any atom is 0.257 e. The molecule has 0 radical (unpaired) electrons. The second kappa shape index (κ2) is 5.99. The van der Waals surface area contributed by atoms with E-state index in [-0.39, 0.29) is 6.04 Å². The number of nitrogens with two attached hydrogens (primary N) is 1. The third-order valence-corrected chi connectivity index (χ3v) is 4.68. The van der Waals surface area contributed by atoms with Gasteiger partial charge in [0.05, 0.1) is 14.4 Å². The van der Waals surface area contributed by atoms with E-state index in [4.69, 9.17) is 10.2 Å². The van der Waals surface area contributed by atoms with Gasteiger partial charge in [0.1, 0.15) is 0 Å². The van der Waals surface area contributed by atoms with E-state index in [0.29, 0.717) is 17.5 Å². The van der Waals surface area contributed by atoms with Crippen LogP contribution in [0, 0.1) is 0 Å². The quantitative estimate of drug-likeness (QED) is 0.910. The minimum absolute atomic E-state index is 0.190. The SMILES string of the molecule is CC(N)CSCc1nnc(-c2ccc(Br)s2)o1. The van der Waals surface area contributed by atoms with Crippen LogP contribution in [0.25, 0.3) is 10.8 Å². The Labute approximate surface area is 116 Å². The Hall–Kier alpha value is -0.370. The number of thioether (sulfide) groups is 1. The molecule has 92 valence electrons. The summed E-state index contributed by atoms with van der Waals surface area (Å²) in [6.07, 6.45) is 0. The van der Waals surface area contributed by atoms with Gasteiger partial charge in [-0.05, 0) is 35.0 Å². The fraction of sp³-hybridized carbons (Fsp3) is 0.400. The first-order valence-corrected chi connectivity index (χ1v) is 7.83. The molecule has 2 aromatic rings. The standard InChI is InChI=1S/C10H12BrN3OS2/c1-6(12)4-16-5-9-13-14-10(15-9)7-2-3-8(11)17-7/h2-3,6H,4-5,12H2,1H3. The van der Waals surface area contributed by atoms with E-state index in [2.05, 4.69) is 26.1 Å². The van der Waals surface area contributed by atoms with Crippen molar-refractivity contribution < 1.29 is 4.42 Å². The first kappa shape index (κ1) is 13.1. The molecule has 2 heterocycles. The number of halogens is 1. The van der Waals surface area contributed by atoms with Crippen LogP contribution in [0.15, 0.2) is 20.3 Å². The van der Waals surface area contributed by atoms with E-state index in [1.165, 1.54) is 0 Å². The molecule has 2 N–H and O–H groups in total. The summed E-state index contributed by atoms with van der Waals surface area (Å²) >= 11 is 6.68. The molecule has 0 amide bonds. The number of hydrogen-bond donors (Lipinski definition) is 1. The number of hydrogen-bond acceptors (Lipinski definition) is 6. The smallest absolute Gasteiger partial charge is 0.257 e. The molecule has 0 aromatic carbocycles. The molecule has 0 fully saturated rings. The molecule has 1 atom stereocenters. The van der Waals surface area contributed by atoms with Gasteiger partial charge in [-0.2, -0.15) is 11.8 Å². The van der Waals surface area contributed by atoms with E-state index >= 15 is 0 Å². The van der Waals surface area contributed by atoms with E-state index < -0.39 is 0 Å². The molecule has 0 aliphatic rings. The molecular formula is C10H12BrN3OS2. The van der Waals surface area contributed by atoms with Gasteiger partial charge in [0, 0.05) is 11.8 Å². The molecule has 0 spiro atoms. The Balaban J connectivity index is 1.96. The summed E-state index contributed by atoms with van der Waals surface area (Å²) in [5.41, 5.74) is 5.66. The van der Waals surface area contributed by atoms with Crippen molar-refractivity contribution in [1.82, 2.24) is 10.2 Å². The van der Waals surface area contributed by atoms with E-state index in [1.54, 1.807) is 23.1 Å². The summed E-state index contributed by atoms with van der Waals surface area (Å²) in [4.78, 5) is 0.979. The van der Waals surface area contributed by atoms with Crippen LogP contribution in [0.1, 0.15) is 12.8 Å². The summed E-state index contributed by atoms with van der Waals surface area (Å²) < 4.78 is 6.62. The predicted molar refractivity (Wildman–Crippen MR) is 75.1 cm³/mol. The summed E-state index contributed by atoms with van der Waals surface area (Å²) in [6.45, 7) is 1.98. The van der Waals surface area contributed by atoms with Gasteiger partial charge in [0.15, 0.2) is 0 Å². The largest absolute Gasteiger partial charge is 0.419 e. The first-order valence-electron chi connectivity index (χ1n) is 5.06. The minimum atomic E-state index is 0.190. The van der Waals surface area contributed by atoms with E-state index in [9.17, 15) is 0 Å². The number of rotatable bonds is 5. The molecule has 2 aromatic heterocycles. The lowest BCUT2D eigenvalue weighted by molar-refractivity contribution is 0.529. The van der Waals surface area contributed by atoms with Crippen LogP contribution in [-0.2, 0) is 5.75 Å². The Morgan fingerprint density at radius 2 is 2.35 bits per heavy atom. The van der Waals surface area contributed by atoms with Crippen LogP contribution in [0.4, 0.5) is 0 Å². The zero-order valence-electron chi connectivity index (χ0n) is 9.22. The second-order valence-corrected chi connectivity index (χ2v) is 7.09. The molecule has 0 aliphatic heterocycles. The monoisotopic (exact) mass is 333 g/mol. The van der Waals surface area contributed by atoms with Gasteiger partial charge >= 0.3 is 0 Å². The molecule has 7 heteroatoms. The van der Waals surface area contributed by atoms with Crippen molar-refractivity contribution in [2.75, 3.05) is 5.75 Å². The van der Waals surface area contributed by atoms with Crippen LogP contribution in [0.2, 0.25) is 0 Å². The molecule has 0 saturated carbocycles. The van der Waals surface area contributed by atoms with Crippen molar-refractivity contribution in [2.24, 2.45) is 5.73 Å². The highest BCUT2D eigenvalue weighted by atomic mass is 79.9. The zero-order chi connectivity index (χ0) is 12.3. The van der Waals surface area contributed by atoms with Crippen LogP contribution in [0.3, 0.4) is 0 Å². The Kier molecular flexibility index (Phi) is 4.61. The lowest BCUT2D eigenvalue weighted by Crippen LogP contribution is -2.17. The van der Waals surface area contributed by atoms with Gasteiger partial charge < -0.3 is 10.2 Å². The van der Waals surface area contributed by atoms with Crippen molar-refractivity contribution in [1.29, 1.82) is 0 Å². The summed E-state index contributed by atoms with van der Waals surface area (Å²) in [7, 11) is 0. The van der Waals surface area contributed by atoms with E-state index in [0.717, 1.165) is 14.4 Å². The molecule has 0 aliphatic carbocycles.